The molecule has 27 heavy (non-hydrogen) atoms. The van der Waals surface area contributed by atoms with Crippen molar-refractivity contribution in [3.8, 4) is 6.07 Å². The Bertz CT molecular complexity index is 902. The number of amides is 1. The van der Waals surface area contributed by atoms with E-state index in [4.69, 9.17) is 0 Å². The maximum Gasteiger partial charge on any atom is 0.292 e. The standard InChI is InChI=1S/C20H19N3O4/c1-14-6-4-7-15(12-14)16(13-21)19(24)10-5-11-20(25)22-17-8-2-3-9-18(17)23(26)27/h2-4,6-9,12,16H,5,10-11H2,1H3,(H,22,25)/t16-/m0/s1. The van der Waals surface area contributed by atoms with Gasteiger partial charge in [-0.05, 0) is 25.0 Å². The number of hydrogen-bond acceptors (Lipinski definition) is 5. The Hall–Kier alpha value is -3.53. The van der Waals surface area contributed by atoms with Gasteiger partial charge in [0.05, 0.1) is 11.0 Å². The molecule has 7 heteroatoms. The third-order valence-electron chi connectivity index (χ3n) is 4.03. The van der Waals surface area contributed by atoms with Crippen LogP contribution < -0.4 is 5.32 Å². The second-order valence-corrected chi connectivity index (χ2v) is 6.12. The lowest BCUT2D eigenvalue weighted by molar-refractivity contribution is -0.383. The number of carbonyl (C=O) groups is 2. The van der Waals surface area contributed by atoms with E-state index >= 15 is 0 Å². The van der Waals surface area contributed by atoms with Gasteiger partial charge in [-0.3, -0.25) is 19.7 Å². The lowest BCUT2D eigenvalue weighted by atomic mass is 9.92. The minimum atomic E-state index is -0.858. The van der Waals surface area contributed by atoms with Crippen molar-refractivity contribution in [3.05, 3.63) is 69.8 Å². The minimum absolute atomic E-state index is 0.0315. The lowest BCUT2D eigenvalue weighted by Gasteiger charge is -2.09. The molecular weight excluding hydrogens is 346 g/mol. The number of para-hydroxylation sites is 2. The Morgan fingerprint density at radius 1 is 1.19 bits per heavy atom. The van der Waals surface area contributed by atoms with E-state index in [1.54, 1.807) is 24.3 Å². The smallest absolute Gasteiger partial charge is 0.292 e. The number of anilines is 1. The Morgan fingerprint density at radius 2 is 1.93 bits per heavy atom. The molecule has 1 atom stereocenters. The molecule has 0 aliphatic carbocycles. The minimum Gasteiger partial charge on any atom is -0.320 e. The number of ketones is 1. The molecule has 0 aromatic heterocycles. The summed E-state index contributed by atoms with van der Waals surface area (Å²) >= 11 is 0. The molecule has 0 bridgehead atoms. The highest BCUT2D eigenvalue weighted by Crippen LogP contribution is 2.24. The lowest BCUT2D eigenvalue weighted by Crippen LogP contribution is -2.15. The molecule has 0 unspecified atom stereocenters. The number of nitrogens with zero attached hydrogens (tertiary/aromatic N) is 2. The first-order valence-corrected chi connectivity index (χ1v) is 8.44. The normalized spacial score (nSPS) is 11.3. The molecule has 0 saturated carbocycles. The molecule has 1 N–H and O–H groups in total. The fraction of sp³-hybridized carbons (Fsp3) is 0.250. The van der Waals surface area contributed by atoms with Crippen LogP contribution in [0.5, 0.6) is 0 Å². The van der Waals surface area contributed by atoms with Crippen LogP contribution >= 0.6 is 0 Å². The quantitative estimate of drug-likeness (QED) is 0.563. The summed E-state index contributed by atoms with van der Waals surface area (Å²) in [6, 6.07) is 15.1. The number of nitro groups is 1. The summed E-state index contributed by atoms with van der Waals surface area (Å²) in [5.41, 5.74) is 1.54. The molecule has 2 rings (SSSR count). The largest absolute Gasteiger partial charge is 0.320 e. The van der Waals surface area contributed by atoms with Crippen LogP contribution in [0, 0.1) is 28.4 Å². The van der Waals surface area contributed by atoms with E-state index in [-0.39, 0.29) is 36.4 Å². The first-order valence-electron chi connectivity index (χ1n) is 8.44. The molecule has 1 amide bonds. The first-order chi connectivity index (χ1) is 12.9. The summed E-state index contributed by atoms with van der Waals surface area (Å²) in [7, 11) is 0. The second-order valence-electron chi connectivity index (χ2n) is 6.12. The average molecular weight is 365 g/mol. The van der Waals surface area contributed by atoms with Gasteiger partial charge in [0.15, 0.2) is 5.78 Å². The van der Waals surface area contributed by atoms with Gasteiger partial charge in [-0.1, -0.05) is 42.0 Å². The topological polar surface area (TPSA) is 113 Å². The summed E-state index contributed by atoms with van der Waals surface area (Å²) in [6.45, 7) is 1.88. The van der Waals surface area contributed by atoms with E-state index in [1.807, 2.05) is 19.1 Å². The fourth-order valence-corrected chi connectivity index (χ4v) is 2.70. The highest BCUT2D eigenvalue weighted by Gasteiger charge is 2.20. The summed E-state index contributed by atoms with van der Waals surface area (Å²) in [6.07, 6.45) is 0.371. The Labute approximate surface area is 156 Å². The van der Waals surface area contributed by atoms with Gasteiger partial charge in [0.1, 0.15) is 11.6 Å². The average Bonchev–Trinajstić information content (AvgIpc) is 2.62. The van der Waals surface area contributed by atoms with Crippen LogP contribution in [0.3, 0.4) is 0 Å². The molecule has 0 heterocycles. The highest BCUT2D eigenvalue weighted by molar-refractivity contribution is 5.93. The van der Waals surface area contributed by atoms with E-state index in [1.165, 1.54) is 18.2 Å². The van der Waals surface area contributed by atoms with Crippen LogP contribution in [0.2, 0.25) is 0 Å². The number of carbonyl (C=O) groups excluding carboxylic acids is 2. The zero-order valence-electron chi connectivity index (χ0n) is 14.8. The number of benzene rings is 2. The van der Waals surface area contributed by atoms with Crippen molar-refractivity contribution >= 4 is 23.1 Å². The van der Waals surface area contributed by atoms with Crippen molar-refractivity contribution in [2.24, 2.45) is 0 Å². The van der Waals surface area contributed by atoms with Gasteiger partial charge in [0.25, 0.3) is 5.69 Å². The predicted octanol–water partition coefficient (Wildman–Crippen LogP) is 3.89. The van der Waals surface area contributed by atoms with E-state index in [9.17, 15) is 25.0 Å². The zero-order chi connectivity index (χ0) is 19.8. The van der Waals surface area contributed by atoms with Crippen LogP contribution in [-0.4, -0.2) is 16.6 Å². The molecule has 138 valence electrons. The number of hydrogen-bond donors (Lipinski definition) is 1. The first kappa shape index (κ1) is 19.8. The summed E-state index contributed by atoms with van der Waals surface area (Å²) < 4.78 is 0. The third kappa shape index (κ3) is 5.47. The number of aryl methyl sites for hydroxylation is 1. The van der Waals surface area contributed by atoms with E-state index in [2.05, 4.69) is 5.32 Å². The Morgan fingerprint density at radius 3 is 2.59 bits per heavy atom. The van der Waals surface area contributed by atoms with Crippen molar-refractivity contribution in [1.29, 1.82) is 5.26 Å². The van der Waals surface area contributed by atoms with Crippen LogP contribution in [0.1, 0.15) is 36.3 Å². The van der Waals surface area contributed by atoms with Crippen molar-refractivity contribution in [1.82, 2.24) is 0 Å². The van der Waals surface area contributed by atoms with Crippen LogP contribution in [0.25, 0.3) is 0 Å². The summed E-state index contributed by atoms with van der Waals surface area (Å²) in [5, 5.41) is 22.8. The molecule has 0 fully saturated rings. The number of rotatable bonds is 8. The van der Waals surface area contributed by atoms with Gasteiger partial charge in [0, 0.05) is 18.9 Å². The highest BCUT2D eigenvalue weighted by atomic mass is 16.6. The summed E-state index contributed by atoms with van der Waals surface area (Å²) in [5.74, 6) is -1.52. The molecule has 0 spiro atoms. The SMILES string of the molecule is Cc1cccc([C@H](C#N)C(=O)CCCC(=O)Nc2ccccc2[N+](=O)[O-])c1. The molecule has 0 aliphatic rings. The van der Waals surface area contributed by atoms with Crippen molar-refractivity contribution in [3.63, 3.8) is 0 Å². The molecule has 0 saturated heterocycles. The van der Waals surface area contributed by atoms with E-state index < -0.39 is 16.7 Å². The Kier molecular flexibility index (Phi) is 6.78. The van der Waals surface area contributed by atoms with Crippen LogP contribution in [-0.2, 0) is 9.59 Å². The molecule has 0 radical (unpaired) electrons. The van der Waals surface area contributed by atoms with Gasteiger partial charge < -0.3 is 5.32 Å². The van der Waals surface area contributed by atoms with Gasteiger partial charge in [0.2, 0.25) is 5.91 Å². The van der Waals surface area contributed by atoms with E-state index in [0.29, 0.717) is 5.56 Å². The number of nitriles is 1. The molecular formula is C20H19N3O4. The molecule has 0 aliphatic heterocycles. The van der Waals surface area contributed by atoms with Crippen molar-refractivity contribution < 1.29 is 14.5 Å². The number of nitro benzene ring substituents is 1. The number of Topliss-reactive ketones (excluding diaryl/α,β-unsaturated/α-hetero) is 1. The monoisotopic (exact) mass is 365 g/mol. The third-order valence-corrected chi connectivity index (χ3v) is 4.03. The molecule has 2 aromatic rings. The fourth-order valence-electron chi connectivity index (χ4n) is 2.70. The number of nitrogens with one attached hydrogen (secondary N) is 1. The predicted molar refractivity (Wildman–Crippen MR) is 100 cm³/mol. The zero-order valence-corrected chi connectivity index (χ0v) is 14.8. The van der Waals surface area contributed by atoms with Gasteiger partial charge >= 0.3 is 0 Å². The van der Waals surface area contributed by atoms with E-state index in [0.717, 1.165) is 5.56 Å². The van der Waals surface area contributed by atoms with Gasteiger partial charge in [-0.25, -0.2) is 0 Å². The van der Waals surface area contributed by atoms with Crippen molar-refractivity contribution in [2.75, 3.05) is 5.32 Å². The van der Waals surface area contributed by atoms with Crippen molar-refractivity contribution in [2.45, 2.75) is 32.1 Å². The maximum atomic E-state index is 12.3. The van der Waals surface area contributed by atoms with Crippen LogP contribution in [0.15, 0.2) is 48.5 Å². The van der Waals surface area contributed by atoms with Crippen LogP contribution in [0.4, 0.5) is 11.4 Å². The van der Waals surface area contributed by atoms with Gasteiger partial charge in [-0.15, -0.1) is 0 Å². The maximum absolute atomic E-state index is 12.3. The second kappa shape index (κ2) is 9.25. The summed E-state index contributed by atoms with van der Waals surface area (Å²) in [4.78, 5) is 34.7. The molecule has 7 nitrogen and oxygen atoms in total. The van der Waals surface area contributed by atoms with Gasteiger partial charge in [-0.2, -0.15) is 5.26 Å². The molecule has 2 aromatic carbocycles. The Balaban J connectivity index is 1.90.